The van der Waals surface area contributed by atoms with Gasteiger partial charge in [-0.15, -0.1) is 0 Å². The minimum Gasteiger partial charge on any atom is -0.491 e. The minimum atomic E-state index is -0.751. The van der Waals surface area contributed by atoms with Crippen molar-refractivity contribution in [1.82, 2.24) is 4.98 Å². The van der Waals surface area contributed by atoms with E-state index in [9.17, 15) is 4.79 Å². The zero-order chi connectivity index (χ0) is 19.4. The lowest BCUT2D eigenvalue weighted by Gasteiger charge is -2.37. The van der Waals surface area contributed by atoms with Crippen molar-refractivity contribution in [3.05, 3.63) is 30.5 Å². The Morgan fingerprint density at radius 2 is 2.19 bits per heavy atom. The van der Waals surface area contributed by atoms with Gasteiger partial charge in [0.25, 0.3) is 5.91 Å². The molecule has 146 valence electrons. The maximum Gasteiger partial charge on any atom is 0.256 e. The Kier molecular flexibility index (Phi) is 6.00. The molecule has 27 heavy (non-hydrogen) atoms. The maximum atomic E-state index is 13.1. The molecule has 1 aliphatic rings. The molecule has 0 aliphatic heterocycles. The highest BCUT2D eigenvalue weighted by atomic mass is 16.5. The summed E-state index contributed by atoms with van der Waals surface area (Å²) in [6.45, 7) is 7.03. The highest BCUT2D eigenvalue weighted by Crippen LogP contribution is 2.37. The van der Waals surface area contributed by atoms with E-state index in [0.717, 1.165) is 48.0 Å². The van der Waals surface area contributed by atoms with Gasteiger partial charge in [-0.05, 0) is 55.4 Å². The summed E-state index contributed by atoms with van der Waals surface area (Å²) in [4.78, 5) is 17.6. The summed E-state index contributed by atoms with van der Waals surface area (Å²) in [5.74, 6) is 1.58. The smallest absolute Gasteiger partial charge is 0.256 e. The first-order valence-corrected chi connectivity index (χ1v) is 9.82. The van der Waals surface area contributed by atoms with E-state index in [1.165, 1.54) is 0 Å². The molecule has 0 bridgehead atoms. The third-order valence-corrected chi connectivity index (χ3v) is 5.31. The third kappa shape index (κ3) is 4.24. The first-order chi connectivity index (χ1) is 12.9. The van der Waals surface area contributed by atoms with E-state index in [-0.39, 0.29) is 5.91 Å². The maximum absolute atomic E-state index is 13.1. The van der Waals surface area contributed by atoms with Crippen LogP contribution in [0, 0.1) is 11.8 Å². The first-order valence-electron chi connectivity index (χ1n) is 9.82. The molecular weight excluding hydrogens is 340 g/mol. The van der Waals surface area contributed by atoms with Crippen LogP contribution in [0.1, 0.15) is 46.5 Å². The van der Waals surface area contributed by atoms with Crippen LogP contribution in [-0.4, -0.2) is 30.2 Å². The van der Waals surface area contributed by atoms with Crippen LogP contribution in [-0.2, 0) is 9.53 Å². The Bertz CT molecular complexity index is 805. The number of rotatable bonds is 6. The zero-order valence-corrected chi connectivity index (χ0v) is 16.7. The number of hydrogen-bond donors (Lipinski definition) is 1. The average Bonchev–Trinajstić information content (AvgIpc) is 2.67. The fourth-order valence-electron chi connectivity index (χ4n) is 3.85. The molecule has 2 aromatic rings. The van der Waals surface area contributed by atoms with E-state index in [0.29, 0.717) is 18.4 Å². The van der Waals surface area contributed by atoms with E-state index in [1.54, 1.807) is 13.3 Å². The third-order valence-electron chi connectivity index (χ3n) is 5.31. The number of carbonyl (C=O) groups excluding carboxylic acids is 1. The number of methoxy groups -OCH3 is 1. The number of pyridine rings is 1. The van der Waals surface area contributed by atoms with Gasteiger partial charge < -0.3 is 14.8 Å². The SMILES string of the molecule is COC1(C(=O)Nc2ccc(OCC(C)C)c3ncccc23)CCCC(C)C1. The number of amides is 1. The largest absolute Gasteiger partial charge is 0.491 e. The molecule has 2 atom stereocenters. The predicted molar refractivity (Wildman–Crippen MR) is 108 cm³/mol. The molecule has 3 rings (SSSR count). The number of hydrogen-bond acceptors (Lipinski definition) is 4. The fourth-order valence-corrected chi connectivity index (χ4v) is 3.85. The summed E-state index contributed by atoms with van der Waals surface area (Å²) < 4.78 is 11.6. The number of nitrogens with one attached hydrogen (secondary N) is 1. The summed E-state index contributed by atoms with van der Waals surface area (Å²) in [5, 5.41) is 3.98. The van der Waals surface area contributed by atoms with Gasteiger partial charge in [-0.25, -0.2) is 0 Å². The van der Waals surface area contributed by atoms with Gasteiger partial charge in [0.2, 0.25) is 0 Å². The van der Waals surface area contributed by atoms with Crippen LogP contribution in [0.3, 0.4) is 0 Å². The molecule has 5 heteroatoms. The van der Waals surface area contributed by atoms with Crippen LogP contribution in [0.2, 0.25) is 0 Å². The van der Waals surface area contributed by atoms with Gasteiger partial charge >= 0.3 is 0 Å². The van der Waals surface area contributed by atoms with Crippen molar-refractivity contribution >= 4 is 22.5 Å². The molecule has 0 spiro atoms. The number of anilines is 1. The summed E-state index contributed by atoms with van der Waals surface area (Å²) >= 11 is 0. The van der Waals surface area contributed by atoms with Crippen LogP contribution in [0.15, 0.2) is 30.5 Å². The molecule has 1 heterocycles. The second-order valence-electron chi connectivity index (χ2n) is 8.07. The van der Waals surface area contributed by atoms with Crippen molar-refractivity contribution in [3.63, 3.8) is 0 Å². The number of carbonyl (C=O) groups is 1. The fraction of sp³-hybridized carbons (Fsp3) is 0.545. The first kappa shape index (κ1) is 19.6. The Labute approximate surface area is 161 Å². The molecule has 1 N–H and O–H groups in total. The van der Waals surface area contributed by atoms with E-state index >= 15 is 0 Å². The molecule has 0 saturated heterocycles. The van der Waals surface area contributed by atoms with Gasteiger partial charge in [-0.2, -0.15) is 0 Å². The molecule has 2 unspecified atom stereocenters. The second-order valence-corrected chi connectivity index (χ2v) is 8.07. The quantitative estimate of drug-likeness (QED) is 0.793. The van der Waals surface area contributed by atoms with Gasteiger partial charge in [0.15, 0.2) is 0 Å². The molecular formula is C22H30N2O3. The number of ether oxygens (including phenoxy) is 2. The summed E-state index contributed by atoms with van der Waals surface area (Å²) in [6, 6.07) is 7.62. The van der Waals surface area contributed by atoms with Crippen LogP contribution in [0.5, 0.6) is 5.75 Å². The number of fused-ring (bicyclic) bond motifs is 1. The predicted octanol–water partition coefficient (Wildman–Crippen LogP) is 4.80. The van der Waals surface area contributed by atoms with E-state index in [4.69, 9.17) is 9.47 Å². The van der Waals surface area contributed by atoms with Gasteiger partial charge in [0.05, 0.1) is 12.3 Å². The Morgan fingerprint density at radius 3 is 2.89 bits per heavy atom. The molecule has 0 radical (unpaired) electrons. The van der Waals surface area contributed by atoms with E-state index < -0.39 is 5.60 Å². The van der Waals surface area contributed by atoms with Gasteiger partial charge in [-0.3, -0.25) is 9.78 Å². The molecule has 5 nitrogen and oxygen atoms in total. The van der Waals surface area contributed by atoms with Crippen molar-refractivity contribution in [3.8, 4) is 5.75 Å². The molecule has 1 aliphatic carbocycles. The highest BCUT2D eigenvalue weighted by Gasteiger charge is 2.42. The Hall–Kier alpha value is -2.14. The van der Waals surface area contributed by atoms with Crippen LogP contribution >= 0.6 is 0 Å². The summed E-state index contributed by atoms with van der Waals surface area (Å²) in [6.07, 6.45) is 5.40. The second kappa shape index (κ2) is 8.26. The Balaban J connectivity index is 1.88. The number of aromatic nitrogens is 1. The monoisotopic (exact) mass is 370 g/mol. The van der Waals surface area contributed by atoms with Crippen molar-refractivity contribution in [2.24, 2.45) is 11.8 Å². The number of nitrogens with zero attached hydrogens (tertiary/aromatic N) is 1. The van der Waals surface area contributed by atoms with Gasteiger partial charge in [-0.1, -0.05) is 27.2 Å². The van der Waals surface area contributed by atoms with Crippen molar-refractivity contribution in [1.29, 1.82) is 0 Å². The average molecular weight is 370 g/mol. The summed E-state index contributed by atoms with van der Waals surface area (Å²) in [7, 11) is 1.64. The molecule has 1 amide bonds. The highest BCUT2D eigenvalue weighted by molar-refractivity contribution is 6.05. The molecule has 1 aromatic heterocycles. The van der Waals surface area contributed by atoms with Crippen LogP contribution in [0.4, 0.5) is 5.69 Å². The van der Waals surface area contributed by atoms with Crippen molar-refractivity contribution < 1.29 is 14.3 Å². The standard InChI is InChI=1S/C22H30N2O3/c1-15(2)14-27-19-10-9-18(17-8-6-12-23-20(17)19)24-21(25)22(26-4)11-5-7-16(3)13-22/h6,8-10,12,15-16H,5,7,11,13-14H2,1-4H3,(H,24,25). The lowest BCUT2D eigenvalue weighted by molar-refractivity contribution is -0.143. The number of benzene rings is 1. The van der Waals surface area contributed by atoms with Crippen molar-refractivity contribution in [2.45, 2.75) is 52.1 Å². The van der Waals surface area contributed by atoms with E-state index in [1.807, 2.05) is 24.3 Å². The molecule has 1 fully saturated rings. The molecule has 1 saturated carbocycles. The lowest BCUT2D eigenvalue weighted by Crippen LogP contribution is -2.47. The van der Waals surface area contributed by atoms with Crippen LogP contribution in [0.25, 0.3) is 10.9 Å². The van der Waals surface area contributed by atoms with Gasteiger partial charge in [0, 0.05) is 18.7 Å². The van der Waals surface area contributed by atoms with Crippen LogP contribution < -0.4 is 10.1 Å². The summed E-state index contributed by atoms with van der Waals surface area (Å²) in [5.41, 5.74) is 0.757. The minimum absolute atomic E-state index is 0.0717. The van der Waals surface area contributed by atoms with Crippen molar-refractivity contribution in [2.75, 3.05) is 19.0 Å². The Morgan fingerprint density at radius 1 is 1.37 bits per heavy atom. The normalized spacial score (nSPS) is 22.8. The van der Waals surface area contributed by atoms with Gasteiger partial charge in [0.1, 0.15) is 16.9 Å². The molecule has 1 aromatic carbocycles. The topological polar surface area (TPSA) is 60.5 Å². The lowest BCUT2D eigenvalue weighted by atomic mass is 9.78. The van der Waals surface area contributed by atoms with E-state index in [2.05, 4.69) is 31.1 Å². The zero-order valence-electron chi connectivity index (χ0n) is 16.7.